The number of piperidine rings is 1. The molecule has 2 aliphatic heterocycles. The van der Waals surface area contributed by atoms with E-state index in [2.05, 4.69) is 16.0 Å². The Hall–Kier alpha value is -2.14. The Kier molecular flexibility index (Phi) is 4.34. The van der Waals surface area contributed by atoms with Crippen molar-refractivity contribution in [3.05, 3.63) is 53.7 Å². The number of furan rings is 1. The van der Waals surface area contributed by atoms with Crippen molar-refractivity contribution in [2.24, 2.45) is 5.41 Å². The lowest BCUT2D eigenvalue weighted by atomic mass is 9.79. The van der Waals surface area contributed by atoms with Gasteiger partial charge in [0.2, 0.25) is 0 Å². The first-order valence-electron chi connectivity index (χ1n) is 9.11. The van der Waals surface area contributed by atoms with E-state index in [-0.39, 0.29) is 11.3 Å². The van der Waals surface area contributed by atoms with Crippen LogP contribution >= 0.6 is 0 Å². The molecule has 0 N–H and O–H groups in total. The standard InChI is InChI=1S/C20H25N3O2/c1-16-5-6-18(25-16)13-22-11-8-20(14-22)7-3-10-23(15-20)19(24)17-4-2-9-21-12-17/h2,4-6,9,12H,3,7-8,10-11,13-15H2,1H3/t20-/m1/s1. The second-order valence-corrected chi connectivity index (χ2v) is 7.54. The summed E-state index contributed by atoms with van der Waals surface area (Å²) in [4.78, 5) is 21.4. The van der Waals surface area contributed by atoms with Gasteiger partial charge in [-0.1, -0.05) is 0 Å². The van der Waals surface area contributed by atoms with Crippen LogP contribution in [0.3, 0.4) is 0 Å². The molecule has 0 aromatic carbocycles. The maximum atomic E-state index is 12.8. The van der Waals surface area contributed by atoms with E-state index in [1.54, 1.807) is 12.4 Å². The van der Waals surface area contributed by atoms with Crippen LogP contribution < -0.4 is 0 Å². The number of carbonyl (C=O) groups is 1. The molecule has 2 aliphatic rings. The summed E-state index contributed by atoms with van der Waals surface area (Å²) in [7, 11) is 0. The largest absolute Gasteiger partial charge is 0.465 e. The summed E-state index contributed by atoms with van der Waals surface area (Å²) in [5, 5.41) is 0. The van der Waals surface area contributed by atoms with E-state index < -0.39 is 0 Å². The lowest BCUT2D eigenvalue weighted by Gasteiger charge is -2.40. The molecular weight excluding hydrogens is 314 g/mol. The van der Waals surface area contributed by atoms with E-state index >= 15 is 0 Å². The van der Waals surface area contributed by atoms with Crippen molar-refractivity contribution in [1.82, 2.24) is 14.8 Å². The van der Waals surface area contributed by atoms with E-state index in [0.717, 1.165) is 57.1 Å². The van der Waals surface area contributed by atoms with Crippen LogP contribution in [0, 0.1) is 12.3 Å². The van der Waals surface area contributed by atoms with Crippen LogP contribution in [-0.4, -0.2) is 46.9 Å². The predicted molar refractivity (Wildman–Crippen MR) is 95.1 cm³/mol. The van der Waals surface area contributed by atoms with E-state index in [4.69, 9.17) is 4.42 Å². The van der Waals surface area contributed by atoms with Gasteiger partial charge in [-0.15, -0.1) is 0 Å². The number of aryl methyl sites for hydroxylation is 1. The molecule has 132 valence electrons. The molecule has 1 spiro atoms. The van der Waals surface area contributed by atoms with Crippen LogP contribution in [-0.2, 0) is 6.54 Å². The van der Waals surface area contributed by atoms with Crippen LogP contribution in [0.15, 0.2) is 41.1 Å². The van der Waals surface area contributed by atoms with Crippen LogP contribution in [0.25, 0.3) is 0 Å². The minimum atomic E-state index is 0.118. The summed E-state index contributed by atoms with van der Waals surface area (Å²) in [5.74, 6) is 2.12. The third kappa shape index (κ3) is 3.47. The molecule has 1 amide bonds. The highest BCUT2D eigenvalue weighted by Crippen LogP contribution is 2.39. The summed E-state index contributed by atoms with van der Waals surface area (Å²) in [6.07, 6.45) is 6.82. The normalized spacial score (nSPS) is 24.1. The predicted octanol–water partition coefficient (Wildman–Crippen LogP) is 3.11. The van der Waals surface area contributed by atoms with Crippen LogP contribution in [0.2, 0.25) is 0 Å². The highest BCUT2D eigenvalue weighted by molar-refractivity contribution is 5.94. The number of aromatic nitrogens is 1. The number of likely N-dealkylation sites (tertiary alicyclic amines) is 2. The number of pyridine rings is 1. The quantitative estimate of drug-likeness (QED) is 0.862. The Labute approximate surface area is 148 Å². The van der Waals surface area contributed by atoms with E-state index in [1.807, 2.05) is 30.0 Å². The fourth-order valence-corrected chi connectivity index (χ4v) is 4.34. The Morgan fingerprint density at radius 1 is 1.24 bits per heavy atom. The zero-order valence-electron chi connectivity index (χ0n) is 14.8. The van der Waals surface area contributed by atoms with Crippen molar-refractivity contribution in [2.45, 2.75) is 32.7 Å². The molecular formula is C20H25N3O2. The molecule has 2 aromatic rings. The molecule has 0 aliphatic carbocycles. The lowest BCUT2D eigenvalue weighted by Crippen LogP contribution is -2.47. The molecule has 25 heavy (non-hydrogen) atoms. The molecule has 0 saturated carbocycles. The smallest absolute Gasteiger partial charge is 0.255 e. The molecule has 0 bridgehead atoms. The summed E-state index contributed by atoms with van der Waals surface area (Å²) in [6, 6.07) is 7.78. The molecule has 0 unspecified atom stereocenters. The monoisotopic (exact) mass is 339 g/mol. The maximum absolute atomic E-state index is 12.8. The number of hydrogen-bond acceptors (Lipinski definition) is 4. The second-order valence-electron chi connectivity index (χ2n) is 7.54. The third-order valence-electron chi connectivity index (χ3n) is 5.55. The van der Waals surface area contributed by atoms with E-state index in [9.17, 15) is 4.79 Å². The number of nitrogens with zero attached hydrogens (tertiary/aromatic N) is 3. The van der Waals surface area contributed by atoms with Gasteiger partial charge in [0, 0.05) is 37.4 Å². The van der Waals surface area contributed by atoms with Gasteiger partial charge in [0.15, 0.2) is 0 Å². The van der Waals surface area contributed by atoms with Gasteiger partial charge < -0.3 is 9.32 Å². The van der Waals surface area contributed by atoms with Gasteiger partial charge in [0.25, 0.3) is 5.91 Å². The summed E-state index contributed by atoms with van der Waals surface area (Å²) >= 11 is 0. The summed E-state index contributed by atoms with van der Waals surface area (Å²) < 4.78 is 5.73. The van der Waals surface area contributed by atoms with Gasteiger partial charge >= 0.3 is 0 Å². The van der Waals surface area contributed by atoms with Crippen molar-refractivity contribution in [2.75, 3.05) is 26.2 Å². The maximum Gasteiger partial charge on any atom is 0.255 e. The van der Waals surface area contributed by atoms with Crippen LogP contribution in [0.4, 0.5) is 0 Å². The van der Waals surface area contributed by atoms with Gasteiger partial charge in [-0.25, -0.2) is 0 Å². The molecule has 5 nitrogen and oxygen atoms in total. The van der Waals surface area contributed by atoms with Gasteiger partial charge in [-0.3, -0.25) is 14.7 Å². The number of carbonyl (C=O) groups excluding carboxylic acids is 1. The van der Waals surface area contributed by atoms with Crippen molar-refractivity contribution >= 4 is 5.91 Å². The first-order chi connectivity index (χ1) is 12.1. The van der Waals surface area contributed by atoms with E-state index in [0.29, 0.717) is 5.56 Å². The van der Waals surface area contributed by atoms with Crippen molar-refractivity contribution in [1.29, 1.82) is 0 Å². The van der Waals surface area contributed by atoms with Crippen molar-refractivity contribution in [3.8, 4) is 0 Å². The topological polar surface area (TPSA) is 49.6 Å². The first-order valence-corrected chi connectivity index (χ1v) is 9.11. The molecule has 2 saturated heterocycles. The molecule has 2 aromatic heterocycles. The molecule has 4 heterocycles. The molecule has 0 radical (unpaired) electrons. The summed E-state index contributed by atoms with van der Waals surface area (Å²) in [5.41, 5.74) is 0.929. The molecule has 5 heteroatoms. The van der Waals surface area contributed by atoms with Crippen LogP contribution in [0.5, 0.6) is 0 Å². The molecule has 2 fully saturated rings. The Balaban J connectivity index is 1.41. The van der Waals surface area contributed by atoms with Gasteiger partial charge in [0.1, 0.15) is 11.5 Å². The van der Waals surface area contributed by atoms with Gasteiger partial charge in [0.05, 0.1) is 12.1 Å². The van der Waals surface area contributed by atoms with Crippen molar-refractivity contribution in [3.63, 3.8) is 0 Å². The average molecular weight is 339 g/mol. The minimum Gasteiger partial charge on any atom is -0.465 e. The van der Waals surface area contributed by atoms with Crippen molar-refractivity contribution < 1.29 is 9.21 Å². The fourth-order valence-electron chi connectivity index (χ4n) is 4.34. The fraction of sp³-hybridized carbons (Fsp3) is 0.500. The number of rotatable bonds is 3. The zero-order valence-corrected chi connectivity index (χ0v) is 14.8. The first kappa shape index (κ1) is 16.3. The zero-order chi connectivity index (χ0) is 17.3. The summed E-state index contributed by atoms with van der Waals surface area (Å²) in [6.45, 7) is 6.68. The SMILES string of the molecule is Cc1ccc(CN2CC[C@]3(CCCN(C(=O)c4cccnc4)C3)C2)o1. The number of amides is 1. The van der Waals surface area contributed by atoms with Gasteiger partial charge in [-0.2, -0.15) is 0 Å². The molecule has 4 rings (SSSR count). The van der Waals surface area contributed by atoms with Crippen LogP contribution in [0.1, 0.15) is 41.1 Å². The van der Waals surface area contributed by atoms with Gasteiger partial charge in [-0.05, 0) is 57.0 Å². The third-order valence-corrected chi connectivity index (χ3v) is 5.55. The molecule has 1 atom stereocenters. The lowest BCUT2D eigenvalue weighted by molar-refractivity contribution is 0.0524. The highest BCUT2D eigenvalue weighted by atomic mass is 16.3. The Morgan fingerprint density at radius 2 is 2.16 bits per heavy atom. The van der Waals surface area contributed by atoms with E-state index in [1.165, 1.54) is 6.42 Å². The Morgan fingerprint density at radius 3 is 2.92 bits per heavy atom. The average Bonchev–Trinajstić information content (AvgIpc) is 3.21. The Bertz CT molecular complexity index is 742. The minimum absolute atomic E-state index is 0.118. The second kappa shape index (κ2) is 6.64. The number of hydrogen-bond donors (Lipinski definition) is 0. The highest BCUT2D eigenvalue weighted by Gasteiger charge is 2.42.